The molecule has 22 heavy (non-hydrogen) atoms. The molecule has 1 unspecified atom stereocenters. The molecule has 0 saturated carbocycles. The lowest BCUT2D eigenvalue weighted by Gasteiger charge is -2.18. The molecule has 1 heterocycles. The number of rotatable bonds is 6. The van der Waals surface area contributed by atoms with Crippen LogP contribution in [-0.2, 0) is 11.3 Å². The van der Waals surface area contributed by atoms with E-state index in [1.165, 1.54) is 20.4 Å². The second-order valence-electron chi connectivity index (χ2n) is 4.36. The van der Waals surface area contributed by atoms with Gasteiger partial charge < -0.3 is 19.5 Å². The van der Waals surface area contributed by atoms with Crippen molar-refractivity contribution in [1.29, 1.82) is 0 Å². The van der Waals surface area contributed by atoms with Gasteiger partial charge in [0.05, 0.1) is 26.0 Å². The van der Waals surface area contributed by atoms with Gasteiger partial charge >= 0.3 is 0 Å². The Hall–Kier alpha value is -2.35. The number of ether oxygens (including phenoxy) is 3. The van der Waals surface area contributed by atoms with Crippen molar-refractivity contribution in [1.82, 2.24) is 10.6 Å². The molecule has 8 heteroatoms. The van der Waals surface area contributed by atoms with Crippen molar-refractivity contribution < 1.29 is 23.0 Å². The van der Waals surface area contributed by atoms with E-state index in [9.17, 15) is 8.78 Å². The number of hydrogen-bond acceptors (Lipinski definition) is 6. The number of hydrogen-bond donors (Lipinski definition) is 2. The van der Waals surface area contributed by atoms with Crippen molar-refractivity contribution in [2.45, 2.75) is 12.9 Å². The molecule has 1 atom stereocenters. The first-order valence-corrected chi connectivity index (χ1v) is 6.49. The van der Waals surface area contributed by atoms with Crippen LogP contribution in [0.3, 0.4) is 0 Å². The van der Waals surface area contributed by atoms with E-state index in [-0.39, 0.29) is 30.0 Å². The van der Waals surface area contributed by atoms with E-state index in [0.29, 0.717) is 5.76 Å². The number of halogens is 2. The second-order valence-corrected chi connectivity index (χ2v) is 4.36. The zero-order valence-corrected chi connectivity index (χ0v) is 12.4. The van der Waals surface area contributed by atoms with Crippen molar-refractivity contribution in [3.8, 4) is 11.5 Å². The predicted octanol–water partition coefficient (Wildman–Crippen LogP) is 1.52. The molecule has 6 nitrogen and oxygen atoms in total. The monoisotopic (exact) mass is 313 g/mol. The van der Waals surface area contributed by atoms with Crippen LogP contribution < -0.4 is 20.1 Å². The van der Waals surface area contributed by atoms with Gasteiger partial charge in [-0.2, -0.15) is 0 Å². The van der Waals surface area contributed by atoms with Crippen molar-refractivity contribution in [3.63, 3.8) is 0 Å². The van der Waals surface area contributed by atoms with Crippen LogP contribution in [0.1, 0.15) is 5.56 Å². The summed E-state index contributed by atoms with van der Waals surface area (Å²) in [7, 11) is 4.32. The fourth-order valence-corrected chi connectivity index (χ4v) is 1.85. The fraction of sp³-hybridized carbons (Fsp3) is 0.357. The van der Waals surface area contributed by atoms with Gasteiger partial charge in [0.2, 0.25) is 0 Å². The number of benzene rings is 1. The van der Waals surface area contributed by atoms with Crippen LogP contribution in [0.25, 0.3) is 0 Å². The molecule has 0 amide bonds. The van der Waals surface area contributed by atoms with E-state index < -0.39 is 11.6 Å². The number of nitrogens with one attached hydrogen (secondary N) is 2. The van der Waals surface area contributed by atoms with Crippen LogP contribution in [0.2, 0.25) is 0 Å². The van der Waals surface area contributed by atoms with Gasteiger partial charge in [0.1, 0.15) is 6.61 Å². The van der Waals surface area contributed by atoms with Crippen molar-refractivity contribution in [2.75, 3.05) is 21.3 Å². The van der Waals surface area contributed by atoms with Gasteiger partial charge in [-0.05, 0) is 7.05 Å². The third-order valence-corrected chi connectivity index (χ3v) is 3.06. The highest BCUT2D eigenvalue weighted by Gasteiger charge is 2.21. The number of aliphatic imine (C=N–C) groups is 1. The molecule has 0 aliphatic carbocycles. The van der Waals surface area contributed by atoms with Crippen LogP contribution >= 0.6 is 0 Å². The van der Waals surface area contributed by atoms with Gasteiger partial charge in [-0.3, -0.25) is 5.32 Å². The first kappa shape index (κ1) is 16.0. The number of methoxy groups -OCH3 is 2. The van der Waals surface area contributed by atoms with Crippen molar-refractivity contribution in [3.05, 3.63) is 35.2 Å². The molecule has 2 N–H and O–H groups in total. The highest BCUT2D eigenvalue weighted by Crippen LogP contribution is 2.31. The maximum atomic E-state index is 14.1. The Morgan fingerprint density at radius 1 is 1.23 bits per heavy atom. The van der Waals surface area contributed by atoms with Crippen LogP contribution in [0, 0.1) is 11.6 Å². The third-order valence-electron chi connectivity index (χ3n) is 3.06. The number of allylic oxidation sites excluding steroid dienone is 1. The van der Waals surface area contributed by atoms with E-state index in [2.05, 4.69) is 15.6 Å². The standard InChI is InChI=1S/C14H17F2N3O3/c1-17-14-18-5-8(6-19-14)22-7-9-12(15)10(20-2)4-11(21-3)13(9)16/h4-6,14,17-18H,7H2,1-3H3. The second kappa shape index (κ2) is 7.08. The summed E-state index contributed by atoms with van der Waals surface area (Å²) in [6, 6.07) is 1.15. The smallest absolute Gasteiger partial charge is 0.174 e. The summed E-state index contributed by atoms with van der Waals surface area (Å²) in [6.07, 6.45) is 2.77. The zero-order valence-electron chi connectivity index (χ0n) is 12.4. The average molecular weight is 313 g/mol. The van der Waals surface area contributed by atoms with E-state index in [1.54, 1.807) is 13.2 Å². The fourth-order valence-electron chi connectivity index (χ4n) is 1.85. The van der Waals surface area contributed by atoms with Crippen LogP contribution in [0.15, 0.2) is 23.0 Å². The van der Waals surface area contributed by atoms with E-state index in [4.69, 9.17) is 14.2 Å². The Morgan fingerprint density at radius 2 is 1.86 bits per heavy atom. The Bertz CT molecular complexity index is 577. The maximum Gasteiger partial charge on any atom is 0.174 e. The molecule has 0 aromatic heterocycles. The van der Waals surface area contributed by atoms with E-state index >= 15 is 0 Å². The Kier molecular flexibility index (Phi) is 5.16. The minimum Gasteiger partial charge on any atom is -0.494 e. The van der Waals surface area contributed by atoms with Gasteiger partial charge in [-0.25, -0.2) is 13.8 Å². The van der Waals surface area contributed by atoms with Gasteiger partial charge in [-0.15, -0.1) is 0 Å². The number of nitrogens with zero attached hydrogens (tertiary/aromatic N) is 1. The highest BCUT2D eigenvalue weighted by molar-refractivity contribution is 5.76. The average Bonchev–Trinajstić information content (AvgIpc) is 2.55. The Morgan fingerprint density at radius 3 is 2.32 bits per heavy atom. The maximum absolute atomic E-state index is 14.1. The summed E-state index contributed by atoms with van der Waals surface area (Å²) in [5.41, 5.74) is -0.277. The molecule has 2 rings (SSSR count). The minimum atomic E-state index is -0.824. The molecule has 120 valence electrons. The molecule has 0 saturated heterocycles. The molecule has 0 radical (unpaired) electrons. The lowest BCUT2D eigenvalue weighted by molar-refractivity contribution is 0.203. The minimum absolute atomic E-state index is 0.114. The molecule has 1 aromatic carbocycles. The first-order valence-electron chi connectivity index (χ1n) is 6.49. The Balaban J connectivity index is 2.16. The van der Waals surface area contributed by atoms with E-state index in [0.717, 1.165) is 6.07 Å². The van der Waals surface area contributed by atoms with E-state index in [1.807, 2.05) is 0 Å². The Labute approximate surface area is 126 Å². The zero-order chi connectivity index (χ0) is 16.1. The van der Waals surface area contributed by atoms with Crippen LogP contribution in [0.5, 0.6) is 11.5 Å². The lowest BCUT2D eigenvalue weighted by Crippen LogP contribution is -2.37. The normalized spacial score (nSPS) is 16.8. The summed E-state index contributed by atoms with van der Waals surface area (Å²) in [5.74, 6) is -1.52. The van der Waals surface area contributed by atoms with Crippen LogP contribution in [-0.4, -0.2) is 33.8 Å². The highest BCUT2D eigenvalue weighted by atomic mass is 19.1. The molecule has 1 aliphatic rings. The van der Waals surface area contributed by atoms with Gasteiger partial charge in [0, 0.05) is 12.3 Å². The van der Waals surface area contributed by atoms with Gasteiger partial charge in [-0.1, -0.05) is 0 Å². The summed E-state index contributed by atoms with van der Waals surface area (Å²) < 4.78 is 43.4. The van der Waals surface area contributed by atoms with Crippen molar-refractivity contribution in [2.24, 2.45) is 4.99 Å². The molecule has 1 aliphatic heterocycles. The van der Waals surface area contributed by atoms with Gasteiger partial charge in [0.15, 0.2) is 35.2 Å². The summed E-state index contributed by atoms with van der Waals surface area (Å²) >= 11 is 0. The first-order chi connectivity index (χ1) is 10.6. The molecule has 0 spiro atoms. The van der Waals surface area contributed by atoms with Crippen LogP contribution in [0.4, 0.5) is 8.78 Å². The largest absolute Gasteiger partial charge is 0.494 e. The third kappa shape index (κ3) is 3.28. The topological polar surface area (TPSA) is 64.1 Å². The quantitative estimate of drug-likeness (QED) is 0.834. The molecular weight excluding hydrogens is 296 g/mol. The summed E-state index contributed by atoms with van der Waals surface area (Å²) in [4.78, 5) is 4.08. The predicted molar refractivity (Wildman–Crippen MR) is 76.8 cm³/mol. The van der Waals surface area contributed by atoms with Gasteiger partial charge in [0.25, 0.3) is 0 Å². The summed E-state index contributed by atoms with van der Waals surface area (Å²) in [6.45, 7) is -0.324. The van der Waals surface area contributed by atoms with Crippen molar-refractivity contribution >= 4 is 6.21 Å². The molecule has 0 fully saturated rings. The summed E-state index contributed by atoms with van der Waals surface area (Å²) in [5, 5.41) is 5.78. The molecular formula is C14H17F2N3O3. The molecule has 1 aromatic rings. The molecule has 0 bridgehead atoms. The lowest BCUT2D eigenvalue weighted by atomic mass is 10.1. The SMILES string of the molecule is CNC1N=CC(OCc2c(F)c(OC)cc(OC)c2F)=CN1.